The molecule has 0 unspecified atom stereocenters. The van der Waals surface area contributed by atoms with Crippen LogP contribution in [-0.2, 0) is 6.42 Å². The minimum Gasteiger partial charge on any atom is -0.497 e. The molecule has 0 aromatic heterocycles. The van der Waals surface area contributed by atoms with Crippen LogP contribution >= 0.6 is 0 Å². The van der Waals surface area contributed by atoms with Crippen LogP contribution in [0.25, 0.3) is 0 Å². The van der Waals surface area contributed by atoms with E-state index in [1.54, 1.807) is 7.11 Å². The SMILES string of the molecule is C=C[C](C)c1cc(CCC)cc(OC)c1. The first-order chi connectivity index (χ1) is 7.21. The Morgan fingerprint density at radius 2 is 2.13 bits per heavy atom. The monoisotopic (exact) mass is 203 g/mol. The standard InChI is InChI=1S/C14H19O/c1-5-7-12-8-13(11(3)6-2)10-14(9-12)15-4/h6,8-10H,2,5,7H2,1,3-4H3. The molecule has 1 aromatic carbocycles. The fourth-order valence-electron chi connectivity index (χ4n) is 1.56. The summed E-state index contributed by atoms with van der Waals surface area (Å²) in [6, 6.07) is 6.36. The van der Waals surface area contributed by atoms with Crippen molar-refractivity contribution in [2.75, 3.05) is 7.11 Å². The first-order valence-corrected chi connectivity index (χ1v) is 5.35. The number of benzene rings is 1. The molecule has 1 nitrogen and oxygen atoms in total. The number of hydrogen-bond donors (Lipinski definition) is 0. The van der Waals surface area contributed by atoms with E-state index in [0.717, 1.165) is 18.6 Å². The maximum atomic E-state index is 5.29. The summed E-state index contributed by atoms with van der Waals surface area (Å²) in [7, 11) is 1.71. The van der Waals surface area contributed by atoms with Gasteiger partial charge in [-0.3, -0.25) is 0 Å². The number of methoxy groups -OCH3 is 1. The van der Waals surface area contributed by atoms with Crippen molar-refractivity contribution in [1.82, 2.24) is 0 Å². The molecule has 0 heterocycles. The van der Waals surface area contributed by atoms with E-state index in [-0.39, 0.29) is 0 Å². The summed E-state index contributed by atoms with van der Waals surface area (Å²) in [5, 5.41) is 0. The largest absolute Gasteiger partial charge is 0.497 e. The van der Waals surface area contributed by atoms with Crippen LogP contribution in [-0.4, -0.2) is 7.11 Å². The second-order valence-corrected chi connectivity index (χ2v) is 3.71. The fraction of sp³-hybridized carbons (Fsp3) is 0.357. The van der Waals surface area contributed by atoms with Gasteiger partial charge in [0, 0.05) is 5.92 Å². The summed E-state index contributed by atoms with van der Waals surface area (Å²) in [5.74, 6) is 2.11. The van der Waals surface area contributed by atoms with Gasteiger partial charge in [-0.25, -0.2) is 0 Å². The van der Waals surface area contributed by atoms with Crippen LogP contribution in [0.4, 0.5) is 0 Å². The van der Waals surface area contributed by atoms with Crippen LogP contribution in [0.15, 0.2) is 30.9 Å². The molecule has 0 saturated carbocycles. The molecule has 81 valence electrons. The Labute approximate surface area is 92.8 Å². The lowest BCUT2D eigenvalue weighted by atomic mass is 9.97. The molecular weight excluding hydrogens is 184 g/mol. The van der Waals surface area contributed by atoms with Gasteiger partial charge >= 0.3 is 0 Å². The highest BCUT2D eigenvalue weighted by atomic mass is 16.5. The van der Waals surface area contributed by atoms with Gasteiger partial charge in [-0.1, -0.05) is 32.4 Å². The van der Waals surface area contributed by atoms with Crippen molar-refractivity contribution in [2.24, 2.45) is 0 Å². The normalized spacial score (nSPS) is 10.4. The van der Waals surface area contributed by atoms with Crippen molar-refractivity contribution in [3.63, 3.8) is 0 Å². The molecule has 0 spiro atoms. The van der Waals surface area contributed by atoms with Crippen LogP contribution in [0.2, 0.25) is 0 Å². The lowest BCUT2D eigenvalue weighted by Crippen LogP contribution is -1.95. The molecule has 0 atom stereocenters. The molecule has 0 amide bonds. The summed E-state index contributed by atoms with van der Waals surface area (Å²) in [6.45, 7) is 8.04. The molecule has 1 rings (SSSR count). The van der Waals surface area contributed by atoms with Gasteiger partial charge in [0.1, 0.15) is 5.75 Å². The highest BCUT2D eigenvalue weighted by Crippen LogP contribution is 2.23. The molecule has 0 fully saturated rings. The Morgan fingerprint density at radius 1 is 1.40 bits per heavy atom. The minimum absolute atomic E-state index is 0.928. The molecule has 0 saturated heterocycles. The van der Waals surface area contributed by atoms with Crippen LogP contribution in [0, 0.1) is 5.92 Å². The number of ether oxygens (including phenoxy) is 1. The highest BCUT2D eigenvalue weighted by molar-refractivity contribution is 5.43. The summed E-state index contributed by atoms with van der Waals surface area (Å²) in [6.07, 6.45) is 4.12. The molecule has 1 heteroatoms. The summed E-state index contributed by atoms with van der Waals surface area (Å²) < 4.78 is 5.29. The topological polar surface area (TPSA) is 9.23 Å². The quantitative estimate of drug-likeness (QED) is 0.707. The third-order valence-electron chi connectivity index (χ3n) is 2.50. The first kappa shape index (κ1) is 11.8. The number of hydrogen-bond acceptors (Lipinski definition) is 1. The van der Waals surface area contributed by atoms with Gasteiger partial charge in [-0.15, -0.1) is 6.58 Å². The Bertz CT molecular complexity index is 328. The van der Waals surface area contributed by atoms with E-state index in [2.05, 4.69) is 38.6 Å². The molecule has 15 heavy (non-hydrogen) atoms. The Hall–Kier alpha value is -1.24. The van der Waals surface area contributed by atoms with Crippen molar-refractivity contribution in [2.45, 2.75) is 26.7 Å². The molecule has 0 aliphatic heterocycles. The Balaban J connectivity index is 3.04. The van der Waals surface area contributed by atoms with E-state index in [1.165, 1.54) is 17.0 Å². The predicted molar refractivity (Wildman–Crippen MR) is 65.2 cm³/mol. The van der Waals surface area contributed by atoms with Crippen LogP contribution < -0.4 is 4.74 Å². The molecule has 0 bridgehead atoms. The average Bonchev–Trinajstić information content (AvgIpc) is 2.28. The van der Waals surface area contributed by atoms with E-state index in [1.807, 2.05) is 6.08 Å². The number of rotatable bonds is 5. The first-order valence-electron chi connectivity index (χ1n) is 5.35. The van der Waals surface area contributed by atoms with Crippen LogP contribution in [0.5, 0.6) is 5.75 Å². The van der Waals surface area contributed by atoms with E-state index >= 15 is 0 Å². The maximum absolute atomic E-state index is 5.29. The highest BCUT2D eigenvalue weighted by Gasteiger charge is 2.05. The second-order valence-electron chi connectivity index (χ2n) is 3.71. The zero-order valence-electron chi connectivity index (χ0n) is 9.84. The van der Waals surface area contributed by atoms with E-state index in [4.69, 9.17) is 4.74 Å². The van der Waals surface area contributed by atoms with Crippen molar-refractivity contribution >= 4 is 0 Å². The number of aryl methyl sites for hydroxylation is 1. The zero-order chi connectivity index (χ0) is 11.3. The smallest absolute Gasteiger partial charge is 0.119 e. The average molecular weight is 203 g/mol. The van der Waals surface area contributed by atoms with E-state index in [9.17, 15) is 0 Å². The maximum Gasteiger partial charge on any atom is 0.119 e. The van der Waals surface area contributed by atoms with Gasteiger partial charge in [0.05, 0.1) is 7.11 Å². The summed E-state index contributed by atoms with van der Waals surface area (Å²) in [5.41, 5.74) is 2.53. The fourth-order valence-corrected chi connectivity index (χ4v) is 1.56. The van der Waals surface area contributed by atoms with Crippen LogP contribution in [0.3, 0.4) is 0 Å². The van der Waals surface area contributed by atoms with E-state index in [0.29, 0.717) is 0 Å². The third kappa shape index (κ3) is 3.12. The van der Waals surface area contributed by atoms with Gasteiger partial charge in [0.2, 0.25) is 0 Å². The van der Waals surface area contributed by atoms with Gasteiger partial charge < -0.3 is 4.74 Å². The summed E-state index contributed by atoms with van der Waals surface area (Å²) in [4.78, 5) is 0. The molecule has 0 N–H and O–H groups in total. The molecular formula is C14H19O. The van der Waals surface area contributed by atoms with Gasteiger partial charge in [0.15, 0.2) is 0 Å². The lowest BCUT2D eigenvalue weighted by molar-refractivity contribution is 0.414. The zero-order valence-corrected chi connectivity index (χ0v) is 9.84. The van der Waals surface area contributed by atoms with Gasteiger partial charge in [-0.2, -0.15) is 0 Å². The van der Waals surface area contributed by atoms with Crippen molar-refractivity contribution < 1.29 is 4.74 Å². The predicted octanol–water partition coefficient (Wildman–Crippen LogP) is 3.78. The molecule has 1 aromatic rings. The molecule has 0 aliphatic carbocycles. The van der Waals surface area contributed by atoms with Crippen LogP contribution in [0.1, 0.15) is 31.4 Å². The Kier molecular flexibility index (Phi) is 4.41. The van der Waals surface area contributed by atoms with Crippen molar-refractivity contribution in [3.8, 4) is 5.75 Å². The minimum atomic E-state index is 0.928. The third-order valence-corrected chi connectivity index (χ3v) is 2.50. The van der Waals surface area contributed by atoms with Gasteiger partial charge in [-0.05, 0) is 29.7 Å². The summed E-state index contributed by atoms with van der Waals surface area (Å²) >= 11 is 0. The van der Waals surface area contributed by atoms with Crippen molar-refractivity contribution in [1.29, 1.82) is 0 Å². The second kappa shape index (κ2) is 5.59. The number of allylic oxidation sites excluding steroid dienone is 1. The molecule has 1 radical (unpaired) electrons. The Morgan fingerprint density at radius 3 is 2.67 bits per heavy atom. The lowest BCUT2D eigenvalue weighted by Gasteiger charge is -2.11. The van der Waals surface area contributed by atoms with Gasteiger partial charge in [0.25, 0.3) is 0 Å². The van der Waals surface area contributed by atoms with E-state index < -0.39 is 0 Å². The van der Waals surface area contributed by atoms with Crippen molar-refractivity contribution in [3.05, 3.63) is 47.9 Å². The molecule has 0 aliphatic rings.